The number of aromatic nitrogens is 1. The van der Waals surface area contributed by atoms with Gasteiger partial charge >= 0.3 is 5.97 Å². The molecule has 1 aromatic carbocycles. The van der Waals surface area contributed by atoms with E-state index in [1.165, 1.54) is 25.1 Å². The fourth-order valence-electron chi connectivity index (χ4n) is 1.81. The summed E-state index contributed by atoms with van der Waals surface area (Å²) >= 11 is 0. The molecule has 0 saturated carbocycles. The lowest BCUT2D eigenvalue weighted by Crippen LogP contribution is -2.40. The van der Waals surface area contributed by atoms with Crippen LogP contribution < -0.4 is 10.0 Å². The Morgan fingerprint density at radius 1 is 1.28 bits per heavy atom. The van der Waals surface area contributed by atoms with E-state index in [2.05, 4.69) is 15.2 Å². The summed E-state index contributed by atoms with van der Waals surface area (Å²) < 4.78 is 36.0. The molecule has 10 heteroatoms. The van der Waals surface area contributed by atoms with Gasteiger partial charge in [-0.3, -0.25) is 9.59 Å². The first-order chi connectivity index (χ1) is 11.8. The molecule has 1 aromatic heterocycles. The van der Waals surface area contributed by atoms with Crippen molar-refractivity contribution in [2.24, 2.45) is 0 Å². The van der Waals surface area contributed by atoms with Crippen LogP contribution in [0.4, 0.5) is 5.82 Å². The quantitative estimate of drug-likeness (QED) is 0.694. The number of anilines is 1. The van der Waals surface area contributed by atoms with Gasteiger partial charge in [-0.05, 0) is 26.0 Å². The smallest absolute Gasteiger partial charge is 0.324 e. The monoisotopic (exact) mass is 367 g/mol. The highest BCUT2D eigenvalue weighted by atomic mass is 32.2. The summed E-state index contributed by atoms with van der Waals surface area (Å²) in [6.07, 6.45) is 0. The van der Waals surface area contributed by atoms with Gasteiger partial charge in [0.15, 0.2) is 12.4 Å². The lowest BCUT2D eigenvalue weighted by atomic mass is 10.4. The number of carbonyl (C=O) groups is 2. The van der Waals surface area contributed by atoms with Gasteiger partial charge in [-0.1, -0.05) is 23.4 Å². The van der Waals surface area contributed by atoms with E-state index in [-0.39, 0.29) is 10.7 Å². The third-order valence-corrected chi connectivity index (χ3v) is 4.54. The maximum atomic E-state index is 12.1. The van der Waals surface area contributed by atoms with E-state index in [9.17, 15) is 18.0 Å². The van der Waals surface area contributed by atoms with Crippen molar-refractivity contribution in [1.82, 2.24) is 9.88 Å². The lowest BCUT2D eigenvalue weighted by Gasteiger charge is -2.13. The van der Waals surface area contributed by atoms with Crippen molar-refractivity contribution in [3.63, 3.8) is 0 Å². The standard InChI is InChI=1S/C15H17N3O6S/c1-10-8-13(17-24-10)16-14(19)9-23-15(20)11(2)18-25(21,22)12-6-4-3-5-7-12/h3-8,11,18H,9H2,1-2H3,(H,16,17,19)/t11-/m0/s1. The molecule has 0 radical (unpaired) electrons. The summed E-state index contributed by atoms with van der Waals surface area (Å²) in [6.45, 7) is 2.40. The highest BCUT2D eigenvalue weighted by molar-refractivity contribution is 7.89. The number of esters is 1. The summed E-state index contributed by atoms with van der Waals surface area (Å²) in [5, 5.41) is 5.93. The predicted molar refractivity (Wildman–Crippen MR) is 87.1 cm³/mol. The number of ether oxygens (including phenoxy) is 1. The van der Waals surface area contributed by atoms with Gasteiger partial charge in [-0.15, -0.1) is 0 Å². The van der Waals surface area contributed by atoms with Gasteiger partial charge in [0, 0.05) is 6.07 Å². The number of hydrogen-bond acceptors (Lipinski definition) is 7. The third kappa shape index (κ3) is 5.40. The van der Waals surface area contributed by atoms with Crippen molar-refractivity contribution >= 4 is 27.7 Å². The van der Waals surface area contributed by atoms with Crippen LogP contribution in [0.1, 0.15) is 12.7 Å². The van der Waals surface area contributed by atoms with Crippen molar-refractivity contribution in [3.05, 3.63) is 42.2 Å². The van der Waals surface area contributed by atoms with E-state index in [1.807, 2.05) is 0 Å². The Kier molecular flexibility index (Phi) is 5.88. The molecule has 0 aliphatic carbocycles. The van der Waals surface area contributed by atoms with Crippen molar-refractivity contribution in [3.8, 4) is 0 Å². The Bertz CT molecular complexity index is 847. The van der Waals surface area contributed by atoms with E-state index in [0.29, 0.717) is 5.76 Å². The Hall–Kier alpha value is -2.72. The van der Waals surface area contributed by atoms with Gasteiger partial charge in [0.2, 0.25) is 10.0 Å². The highest BCUT2D eigenvalue weighted by Crippen LogP contribution is 2.09. The van der Waals surface area contributed by atoms with Crippen LogP contribution in [0.15, 0.2) is 45.8 Å². The van der Waals surface area contributed by atoms with E-state index in [4.69, 9.17) is 9.26 Å². The molecule has 2 aromatic rings. The predicted octanol–water partition coefficient (Wildman–Crippen LogP) is 0.832. The molecule has 1 heterocycles. The molecule has 9 nitrogen and oxygen atoms in total. The van der Waals surface area contributed by atoms with Crippen LogP contribution in [0.25, 0.3) is 0 Å². The number of benzene rings is 1. The zero-order chi connectivity index (χ0) is 18.4. The maximum Gasteiger partial charge on any atom is 0.324 e. The Labute approximate surface area is 144 Å². The van der Waals surface area contributed by atoms with E-state index < -0.39 is 34.5 Å². The molecule has 0 unspecified atom stereocenters. The van der Waals surface area contributed by atoms with Crippen molar-refractivity contribution in [2.75, 3.05) is 11.9 Å². The molecule has 2 rings (SSSR count). The average Bonchev–Trinajstić information content (AvgIpc) is 2.97. The van der Waals surface area contributed by atoms with E-state index >= 15 is 0 Å². The molecule has 0 fully saturated rings. The highest BCUT2D eigenvalue weighted by Gasteiger charge is 2.23. The molecule has 1 amide bonds. The second-order valence-electron chi connectivity index (χ2n) is 5.13. The van der Waals surface area contributed by atoms with Gasteiger partial charge in [0.1, 0.15) is 11.8 Å². The van der Waals surface area contributed by atoms with Gasteiger partial charge in [0.05, 0.1) is 4.90 Å². The molecular weight excluding hydrogens is 350 g/mol. The van der Waals surface area contributed by atoms with Crippen LogP contribution in [0.2, 0.25) is 0 Å². The normalized spacial score (nSPS) is 12.4. The zero-order valence-corrected chi connectivity index (χ0v) is 14.4. The fourth-order valence-corrected chi connectivity index (χ4v) is 3.03. The average molecular weight is 367 g/mol. The molecule has 134 valence electrons. The van der Waals surface area contributed by atoms with Crippen LogP contribution in [0.3, 0.4) is 0 Å². The molecule has 2 N–H and O–H groups in total. The maximum absolute atomic E-state index is 12.1. The summed E-state index contributed by atoms with van der Waals surface area (Å²) in [4.78, 5) is 23.5. The molecule has 0 spiro atoms. The second kappa shape index (κ2) is 7.90. The Morgan fingerprint density at radius 3 is 2.56 bits per heavy atom. The largest absolute Gasteiger partial charge is 0.454 e. The second-order valence-corrected chi connectivity index (χ2v) is 6.85. The van der Waals surface area contributed by atoms with Gasteiger partial charge < -0.3 is 14.6 Å². The molecule has 25 heavy (non-hydrogen) atoms. The number of sulfonamides is 1. The minimum absolute atomic E-state index is 0.0220. The molecular formula is C15H17N3O6S. The van der Waals surface area contributed by atoms with Crippen molar-refractivity contribution < 1.29 is 27.3 Å². The number of nitrogens with one attached hydrogen (secondary N) is 2. The molecule has 0 aliphatic heterocycles. The minimum Gasteiger partial charge on any atom is -0.454 e. The van der Waals surface area contributed by atoms with Gasteiger partial charge in [-0.2, -0.15) is 4.72 Å². The zero-order valence-electron chi connectivity index (χ0n) is 13.6. The summed E-state index contributed by atoms with van der Waals surface area (Å²) in [5.41, 5.74) is 0. The number of carbonyl (C=O) groups excluding carboxylic acids is 2. The van der Waals surface area contributed by atoms with Crippen molar-refractivity contribution in [1.29, 1.82) is 0 Å². The van der Waals surface area contributed by atoms with Crippen molar-refractivity contribution in [2.45, 2.75) is 24.8 Å². The van der Waals surface area contributed by atoms with Crippen LogP contribution >= 0.6 is 0 Å². The van der Waals surface area contributed by atoms with Gasteiger partial charge in [0.25, 0.3) is 5.91 Å². The first-order valence-corrected chi connectivity index (χ1v) is 8.73. The summed E-state index contributed by atoms with van der Waals surface area (Å²) in [6, 6.07) is 7.93. The SMILES string of the molecule is Cc1cc(NC(=O)COC(=O)[C@H](C)NS(=O)(=O)c2ccccc2)no1. The van der Waals surface area contributed by atoms with Crippen LogP contribution in [0.5, 0.6) is 0 Å². The summed E-state index contributed by atoms with van der Waals surface area (Å²) in [5.74, 6) is -0.807. The Balaban J connectivity index is 1.85. The van der Waals surface area contributed by atoms with Crippen LogP contribution in [0, 0.1) is 6.92 Å². The third-order valence-electron chi connectivity index (χ3n) is 2.98. The van der Waals surface area contributed by atoms with E-state index in [1.54, 1.807) is 25.1 Å². The van der Waals surface area contributed by atoms with Gasteiger partial charge in [-0.25, -0.2) is 8.42 Å². The topological polar surface area (TPSA) is 128 Å². The number of aryl methyl sites for hydroxylation is 1. The Morgan fingerprint density at radius 2 is 1.96 bits per heavy atom. The first-order valence-electron chi connectivity index (χ1n) is 7.25. The van der Waals surface area contributed by atoms with E-state index in [0.717, 1.165) is 0 Å². The van der Waals surface area contributed by atoms with Crippen LogP contribution in [-0.4, -0.2) is 38.1 Å². The first kappa shape index (κ1) is 18.6. The minimum atomic E-state index is -3.86. The fraction of sp³-hybridized carbons (Fsp3) is 0.267. The number of nitrogens with zero attached hydrogens (tertiary/aromatic N) is 1. The lowest BCUT2D eigenvalue weighted by molar-refractivity contribution is -0.148. The van der Waals surface area contributed by atoms with Crippen LogP contribution in [-0.2, 0) is 24.3 Å². The number of amides is 1. The summed E-state index contributed by atoms with van der Waals surface area (Å²) in [7, 11) is -3.86. The molecule has 0 saturated heterocycles. The number of hydrogen-bond donors (Lipinski definition) is 2. The molecule has 0 bridgehead atoms. The molecule has 1 atom stereocenters. The molecule has 0 aliphatic rings. The number of rotatable bonds is 7.